The molecule has 1 atom stereocenters. The van der Waals surface area contributed by atoms with Crippen molar-refractivity contribution in [2.24, 2.45) is 0 Å². The fourth-order valence-corrected chi connectivity index (χ4v) is 3.99. The molecule has 2 aliphatic heterocycles. The minimum absolute atomic E-state index is 0.116. The van der Waals surface area contributed by atoms with Crippen molar-refractivity contribution in [2.45, 2.75) is 70.9 Å². The van der Waals surface area contributed by atoms with Gasteiger partial charge in [-0.05, 0) is 49.9 Å². The standard InChI is InChI=1S/C25H39N3O6/c1-25(2)33-18-20-15-19(9-10-22(20)34-25)21(29)16-26-11-5-3-4-7-13-32-14-8-6-12-28-23(30)17-27-24(28)31/h9-10,15,21,26,29H,3-8,11-14,16-18H2,1-2H3,(H,27,31)/t21-/m0/s1. The number of nitrogens with zero attached hydrogens (tertiary/aromatic N) is 1. The number of nitrogens with one attached hydrogen (secondary N) is 2. The van der Waals surface area contributed by atoms with Gasteiger partial charge in [0.25, 0.3) is 0 Å². The zero-order valence-electron chi connectivity index (χ0n) is 20.4. The monoisotopic (exact) mass is 477 g/mol. The van der Waals surface area contributed by atoms with E-state index < -0.39 is 11.9 Å². The van der Waals surface area contributed by atoms with E-state index in [9.17, 15) is 14.7 Å². The van der Waals surface area contributed by atoms with Crippen molar-refractivity contribution in [3.63, 3.8) is 0 Å². The lowest BCUT2D eigenvalue weighted by Gasteiger charge is -2.33. The highest BCUT2D eigenvalue weighted by Gasteiger charge is 2.28. The summed E-state index contributed by atoms with van der Waals surface area (Å²) in [5.74, 6) is 0.0526. The van der Waals surface area contributed by atoms with Crippen LogP contribution in [0.2, 0.25) is 0 Å². The maximum absolute atomic E-state index is 11.5. The topological polar surface area (TPSA) is 109 Å². The van der Waals surface area contributed by atoms with Crippen molar-refractivity contribution >= 4 is 11.9 Å². The molecule has 0 aromatic heterocycles. The fraction of sp³-hybridized carbons (Fsp3) is 0.680. The number of carbonyl (C=O) groups excluding carboxylic acids is 2. The molecule has 0 radical (unpaired) electrons. The molecule has 0 saturated carbocycles. The van der Waals surface area contributed by atoms with Gasteiger partial charge in [0.05, 0.1) is 19.3 Å². The quantitative estimate of drug-likeness (QED) is 0.263. The van der Waals surface area contributed by atoms with Gasteiger partial charge >= 0.3 is 6.03 Å². The molecule has 34 heavy (non-hydrogen) atoms. The van der Waals surface area contributed by atoms with E-state index in [-0.39, 0.29) is 18.5 Å². The van der Waals surface area contributed by atoms with Crippen LogP contribution in [0.25, 0.3) is 0 Å². The zero-order chi connectivity index (χ0) is 24.4. The molecule has 3 amide bonds. The van der Waals surface area contributed by atoms with Crippen LogP contribution in [0.4, 0.5) is 4.79 Å². The first kappa shape index (κ1) is 26.4. The third kappa shape index (κ3) is 8.23. The summed E-state index contributed by atoms with van der Waals surface area (Å²) in [6.07, 6.45) is 5.33. The van der Waals surface area contributed by atoms with E-state index in [1.807, 2.05) is 32.0 Å². The number of ether oxygens (including phenoxy) is 3. The second-order valence-electron chi connectivity index (χ2n) is 9.32. The van der Waals surface area contributed by atoms with E-state index in [2.05, 4.69) is 10.6 Å². The first-order valence-corrected chi connectivity index (χ1v) is 12.4. The second-order valence-corrected chi connectivity index (χ2v) is 9.32. The molecule has 0 aliphatic carbocycles. The number of fused-ring (bicyclic) bond motifs is 1. The summed E-state index contributed by atoms with van der Waals surface area (Å²) in [4.78, 5) is 24.2. The van der Waals surface area contributed by atoms with Crippen LogP contribution < -0.4 is 15.4 Å². The van der Waals surface area contributed by atoms with Gasteiger partial charge < -0.3 is 30.0 Å². The molecule has 0 bridgehead atoms. The van der Waals surface area contributed by atoms with Crippen molar-refractivity contribution in [3.8, 4) is 5.75 Å². The highest BCUT2D eigenvalue weighted by atomic mass is 16.7. The maximum Gasteiger partial charge on any atom is 0.324 e. The Morgan fingerprint density at radius 1 is 1.15 bits per heavy atom. The Bertz CT molecular complexity index is 800. The number of rotatable bonds is 15. The molecule has 190 valence electrons. The Morgan fingerprint density at radius 3 is 2.68 bits per heavy atom. The number of amides is 3. The summed E-state index contributed by atoms with van der Waals surface area (Å²) in [6.45, 7) is 7.61. The molecule has 1 aromatic carbocycles. The van der Waals surface area contributed by atoms with Crippen LogP contribution in [0.3, 0.4) is 0 Å². The molecule has 9 heteroatoms. The number of hydrogen-bond donors (Lipinski definition) is 3. The molecule has 2 aliphatic rings. The molecule has 9 nitrogen and oxygen atoms in total. The molecule has 3 N–H and O–H groups in total. The van der Waals surface area contributed by atoms with E-state index >= 15 is 0 Å². The van der Waals surface area contributed by atoms with Crippen LogP contribution in [0, 0.1) is 0 Å². The van der Waals surface area contributed by atoms with Crippen LogP contribution in [0.1, 0.15) is 69.6 Å². The van der Waals surface area contributed by atoms with Gasteiger partial charge in [-0.3, -0.25) is 9.69 Å². The smallest absolute Gasteiger partial charge is 0.324 e. The van der Waals surface area contributed by atoms with Gasteiger partial charge in [-0.25, -0.2) is 4.79 Å². The largest absolute Gasteiger partial charge is 0.463 e. The Morgan fingerprint density at radius 2 is 1.91 bits per heavy atom. The van der Waals surface area contributed by atoms with Crippen LogP contribution >= 0.6 is 0 Å². The van der Waals surface area contributed by atoms with E-state index in [1.54, 1.807) is 0 Å². The van der Waals surface area contributed by atoms with Crippen LogP contribution in [0.15, 0.2) is 18.2 Å². The number of aliphatic hydroxyl groups is 1. The Kier molecular flexibility index (Phi) is 10.1. The molecule has 1 aromatic rings. The Hall–Kier alpha value is -2.20. The molecular weight excluding hydrogens is 438 g/mol. The maximum atomic E-state index is 11.5. The van der Waals surface area contributed by atoms with Gasteiger partial charge in [0.2, 0.25) is 11.7 Å². The lowest BCUT2D eigenvalue weighted by molar-refractivity contribution is -0.180. The molecule has 0 spiro atoms. The van der Waals surface area contributed by atoms with Crippen molar-refractivity contribution in [3.05, 3.63) is 29.3 Å². The van der Waals surface area contributed by atoms with E-state index in [0.29, 0.717) is 26.3 Å². The van der Waals surface area contributed by atoms with Crippen LogP contribution in [-0.4, -0.2) is 67.1 Å². The SMILES string of the molecule is CC1(C)OCc2cc([C@@H](O)CNCCCCCCOCCCCN3C(=O)CNC3=O)ccc2O1. The van der Waals surface area contributed by atoms with Gasteiger partial charge in [0.15, 0.2) is 0 Å². The number of carbonyl (C=O) groups is 2. The average Bonchev–Trinajstić information content (AvgIpc) is 3.13. The normalized spacial score (nSPS) is 17.9. The summed E-state index contributed by atoms with van der Waals surface area (Å²) < 4.78 is 17.1. The van der Waals surface area contributed by atoms with Gasteiger partial charge in [-0.1, -0.05) is 18.9 Å². The highest BCUT2D eigenvalue weighted by molar-refractivity contribution is 6.01. The van der Waals surface area contributed by atoms with Crippen LogP contribution in [-0.2, 0) is 20.9 Å². The molecular formula is C25H39N3O6. The van der Waals surface area contributed by atoms with E-state index in [1.165, 1.54) is 4.90 Å². The molecule has 0 unspecified atom stereocenters. The molecule has 3 rings (SSSR count). The van der Waals surface area contributed by atoms with Gasteiger partial charge in [-0.2, -0.15) is 0 Å². The van der Waals surface area contributed by atoms with E-state index in [0.717, 1.165) is 68.6 Å². The predicted octanol–water partition coefficient (Wildman–Crippen LogP) is 2.86. The first-order chi connectivity index (χ1) is 16.4. The summed E-state index contributed by atoms with van der Waals surface area (Å²) in [5.41, 5.74) is 1.83. The zero-order valence-corrected chi connectivity index (χ0v) is 20.4. The molecule has 1 saturated heterocycles. The van der Waals surface area contributed by atoms with Crippen molar-refractivity contribution in [1.29, 1.82) is 0 Å². The first-order valence-electron chi connectivity index (χ1n) is 12.4. The van der Waals surface area contributed by atoms with Crippen molar-refractivity contribution < 1.29 is 28.9 Å². The number of urea groups is 1. The summed E-state index contributed by atoms with van der Waals surface area (Å²) in [6, 6.07) is 5.49. The summed E-state index contributed by atoms with van der Waals surface area (Å²) in [5, 5.41) is 16.3. The third-order valence-corrected chi connectivity index (χ3v) is 5.99. The lowest BCUT2D eigenvalue weighted by atomic mass is 10.0. The average molecular weight is 478 g/mol. The Balaban J connectivity index is 1.14. The van der Waals surface area contributed by atoms with Crippen LogP contribution in [0.5, 0.6) is 5.75 Å². The minimum Gasteiger partial charge on any atom is -0.463 e. The number of unbranched alkanes of at least 4 members (excludes halogenated alkanes) is 4. The van der Waals surface area contributed by atoms with E-state index in [4.69, 9.17) is 14.2 Å². The van der Waals surface area contributed by atoms with Gasteiger partial charge in [-0.15, -0.1) is 0 Å². The molecule has 2 heterocycles. The third-order valence-electron chi connectivity index (χ3n) is 5.99. The number of imide groups is 1. The van der Waals surface area contributed by atoms with Gasteiger partial charge in [0.1, 0.15) is 5.75 Å². The molecule has 1 fully saturated rings. The predicted molar refractivity (Wildman–Crippen MR) is 127 cm³/mol. The number of hydrogen-bond acceptors (Lipinski definition) is 7. The number of benzene rings is 1. The van der Waals surface area contributed by atoms with Crippen molar-refractivity contribution in [1.82, 2.24) is 15.5 Å². The summed E-state index contributed by atoms with van der Waals surface area (Å²) in [7, 11) is 0. The number of aliphatic hydroxyl groups excluding tert-OH is 1. The fourth-order valence-electron chi connectivity index (χ4n) is 3.99. The highest BCUT2D eigenvalue weighted by Crippen LogP contribution is 2.32. The second kappa shape index (κ2) is 13.0. The summed E-state index contributed by atoms with van der Waals surface area (Å²) >= 11 is 0. The lowest BCUT2D eigenvalue weighted by Crippen LogP contribution is -2.35. The minimum atomic E-state index is -0.614. The Labute approximate surface area is 202 Å². The van der Waals surface area contributed by atoms with Crippen molar-refractivity contribution in [2.75, 3.05) is 39.4 Å². The van der Waals surface area contributed by atoms with Gasteiger partial charge in [0, 0.05) is 45.7 Å².